The van der Waals surface area contributed by atoms with Gasteiger partial charge in [-0.3, -0.25) is 9.36 Å². The number of rotatable bonds is 3. The number of aromatic nitrogens is 2. The number of fused-ring (bicyclic) bond motifs is 1. The fraction of sp³-hybridized carbons (Fsp3) is 0.222. The third-order valence-corrected chi connectivity index (χ3v) is 2.01. The average Bonchev–Trinajstić information content (AvgIpc) is 2.50. The number of carbonyl (C=O) groups excluding carboxylic acids is 1. The summed E-state index contributed by atoms with van der Waals surface area (Å²) in [7, 11) is 0. The van der Waals surface area contributed by atoms with Gasteiger partial charge in [0.1, 0.15) is 0 Å². The Morgan fingerprint density at radius 3 is 3.13 bits per heavy atom. The Hall–Kier alpha value is -2.11. The van der Waals surface area contributed by atoms with Gasteiger partial charge in [0.2, 0.25) is 5.91 Å². The first kappa shape index (κ1) is 9.45. The molecule has 0 spiro atoms. The Labute approximate surface area is 84.3 Å². The van der Waals surface area contributed by atoms with Crippen LogP contribution in [0.3, 0.4) is 0 Å². The summed E-state index contributed by atoms with van der Waals surface area (Å²) in [6, 6.07) is 3.31. The lowest BCUT2D eigenvalue weighted by Crippen LogP contribution is -2.20. The van der Waals surface area contributed by atoms with Gasteiger partial charge >= 0.3 is 5.76 Å². The van der Waals surface area contributed by atoms with Crippen molar-refractivity contribution >= 4 is 17.1 Å². The number of nitrogens with two attached hydrogens (primary N) is 1. The zero-order valence-corrected chi connectivity index (χ0v) is 7.84. The fourth-order valence-electron chi connectivity index (χ4n) is 1.32. The molecule has 2 aromatic rings. The highest BCUT2D eigenvalue weighted by molar-refractivity contribution is 5.74. The van der Waals surface area contributed by atoms with Crippen LogP contribution in [-0.4, -0.2) is 15.5 Å². The van der Waals surface area contributed by atoms with Crippen molar-refractivity contribution in [3.8, 4) is 0 Å². The summed E-state index contributed by atoms with van der Waals surface area (Å²) in [4.78, 5) is 26.0. The fourth-order valence-corrected chi connectivity index (χ4v) is 1.32. The summed E-state index contributed by atoms with van der Waals surface area (Å²) in [5, 5.41) is 0. The van der Waals surface area contributed by atoms with E-state index >= 15 is 0 Å². The van der Waals surface area contributed by atoms with Gasteiger partial charge in [-0.1, -0.05) is 0 Å². The molecule has 15 heavy (non-hydrogen) atoms. The highest BCUT2D eigenvalue weighted by Gasteiger charge is 2.09. The molecule has 2 N–H and O–H groups in total. The van der Waals surface area contributed by atoms with Crippen LogP contribution in [0.1, 0.15) is 6.42 Å². The Bertz CT molecular complexity index is 555. The summed E-state index contributed by atoms with van der Waals surface area (Å²) in [5.74, 6) is -0.989. The van der Waals surface area contributed by atoms with E-state index < -0.39 is 11.7 Å². The minimum atomic E-state index is -0.523. The van der Waals surface area contributed by atoms with Crippen molar-refractivity contribution in [2.75, 3.05) is 0 Å². The quantitative estimate of drug-likeness (QED) is 0.758. The van der Waals surface area contributed by atoms with Crippen LogP contribution in [0.2, 0.25) is 0 Å². The van der Waals surface area contributed by atoms with Gasteiger partial charge in [0.25, 0.3) is 0 Å². The van der Waals surface area contributed by atoms with E-state index in [2.05, 4.69) is 4.98 Å². The summed E-state index contributed by atoms with van der Waals surface area (Å²) < 4.78 is 6.22. The Morgan fingerprint density at radius 2 is 2.40 bits per heavy atom. The molecule has 1 amide bonds. The third kappa shape index (κ3) is 1.74. The van der Waals surface area contributed by atoms with E-state index in [1.165, 1.54) is 4.57 Å². The Balaban J connectivity index is 2.45. The minimum absolute atomic E-state index is 0.0884. The van der Waals surface area contributed by atoms with Crippen LogP contribution in [0.5, 0.6) is 0 Å². The number of oxazole rings is 1. The minimum Gasteiger partial charge on any atom is -0.406 e. The monoisotopic (exact) mass is 207 g/mol. The molecule has 0 aliphatic carbocycles. The Morgan fingerprint density at radius 1 is 1.60 bits per heavy atom. The second-order valence-electron chi connectivity index (χ2n) is 3.06. The van der Waals surface area contributed by atoms with Gasteiger partial charge < -0.3 is 10.2 Å². The van der Waals surface area contributed by atoms with E-state index in [0.717, 1.165) is 0 Å². The normalized spacial score (nSPS) is 10.7. The topological polar surface area (TPSA) is 91.1 Å². The van der Waals surface area contributed by atoms with Gasteiger partial charge in [-0.05, 0) is 12.1 Å². The van der Waals surface area contributed by atoms with E-state index in [0.29, 0.717) is 11.2 Å². The predicted molar refractivity (Wildman–Crippen MR) is 52.1 cm³/mol. The van der Waals surface area contributed by atoms with Crippen molar-refractivity contribution in [1.82, 2.24) is 9.55 Å². The third-order valence-electron chi connectivity index (χ3n) is 2.01. The molecule has 6 heteroatoms. The highest BCUT2D eigenvalue weighted by atomic mass is 16.4. The van der Waals surface area contributed by atoms with Crippen molar-refractivity contribution < 1.29 is 9.21 Å². The number of carbonyl (C=O) groups is 1. The molecule has 6 nitrogen and oxygen atoms in total. The molecule has 78 valence electrons. The number of hydrogen-bond acceptors (Lipinski definition) is 4. The van der Waals surface area contributed by atoms with Gasteiger partial charge in [0.05, 0.1) is 0 Å². The van der Waals surface area contributed by atoms with E-state index in [9.17, 15) is 9.59 Å². The first-order valence-corrected chi connectivity index (χ1v) is 4.41. The molecule has 0 bridgehead atoms. The van der Waals surface area contributed by atoms with Gasteiger partial charge in [0, 0.05) is 19.2 Å². The molecule has 0 atom stereocenters. The van der Waals surface area contributed by atoms with E-state index in [-0.39, 0.29) is 13.0 Å². The number of hydrogen-bond donors (Lipinski definition) is 1. The smallest absolute Gasteiger partial charge is 0.406 e. The predicted octanol–water partition coefficient (Wildman–Crippen LogP) is -0.135. The van der Waals surface area contributed by atoms with Crippen LogP contribution in [0.25, 0.3) is 11.2 Å². The molecular weight excluding hydrogens is 198 g/mol. The number of aryl methyl sites for hydroxylation is 1. The first-order chi connectivity index (χ1) is 7.18. The molecule has 2 aromatic heterocycles. The molecule has 0 saturated carbocycles. The maximum Gasteiger partial charge on any atom is 0.421 e. The van der Waals surface area contributed by atoms with E-state index in [4.69, 9.17) is 10.2 Å². The van der Waals surface area contributed by atoms with Crippen molar-refractivity contribution in [1.29, 1.82) is 0 Å². The SMILES string of the molecule is NC(=O)CCn1c(=O)oc2cccnc21. The highest BCUT2D eigenvalue weighted by Crippen LogP contribution is 2.08. The van der Waals surface area contributed by atoms with Crippen LogP contribution in [-0.2, 0) is 11.3 Å². The molecule has 2 heterocycles. The summed E-state index contributed by atoms with van der Waals surface area (Å²) in [6.07, 6.45) is 1.64. The number of primary amides is 1. The molecule has 0 radical (unpaired) electrons. The maximum atomic E-state index is 11.4. The number of amides is 1. The van der Waals surface area contributed by atoms with Gasteiger partial charge in [0.15, 0.2) is 11.2 Å². The lowest BCUT2D eigenvalue weighted by Gasteiger charge is -1.97. The lowest BCUT2D eigenvalue weighted by atomic mass is 10.4. The van der Waals surface area contributed by atoms with Crippen molar-refractivity contribution in [2.45, 2.75) is 13.0 Å². The zero-order chi connectivity index (χ0) is 10.8. The van der Waals surface area contributed by atoms with Gasteiger partial charge in [-0.25, -0.2) is 9.78 Å². The molecule has 0 fully saturated rings. The number of pyridine rings is 1. The molecule has 0 aliphatic rings. The Kier molecular flexibility index (Phi) is 2.24. The van der Waals surface area contributed by atoms with Crippen LogP contribution < -0.4 is 11.5 Å². The van der Waals surface area contributed by atoms with Gasteiger partial charge in [-0.15, -0.1) is 0 Å². The summed E-state index contributed by atoms with van der Waals surface area (Å²) in [6.45, 7) is 0.193. The second-order valence-corrected chi connectivity index (χ2v) is 3.06. The van der Waals surface area contributed by atoms with Crippen LogP contribution >= 0.6 is 0 Å². The molecule has 0 unspecified atom stereocenters. The largest absolute Gasteiger partial charge is 0.421 e. The number of nitrogens with zero attached hydrogens (tertiary/aromatic N) is 2. The van der Waals surface area contributed by atoms with E-state index in [1.807, 2.05) is 0 Å². The van der Waals surface area contributed by atoms with E-state index in [1.54, 1.807) is 18.3 Å². The maximum absolute atomic E-state index is 11.4. The summed E-state index contributed by atoms with van der Waals surface area (Å²) >= 11 is 0. The van der Waals surface area contributed by atoms with Gasteiger partial charge in [-0.2, -0.15) is 0 Å². The van der Waals surface area contributed by atoms with Crippen LogP contribution in [0, 0.1) is 0 Å². The molecule has 0 aromatic carbocycles. The molecule has 0 saturated heterocycles. The standard InChI is InChI=1S/C9H9N3O3/c10-7(13)3-5-12-8-6(15-9(12)14)2-1-4-11-8/h1-2,4H,3,5H2,(H2,10,13). The van der Waals surface area contributed by atoms with Crippen LogP contribution in [0.15, 0.2) is 27.5 Å². The molecule has 2 rings (SSSR count). The molecular formula is C9H9N3O3. The van der Waals surface area contributed by atoms with Crippen molar-refractivity contribution in [3.05, 3.63) is 28.9 Å². The zero-order valence-electron chi connectivity index (χ0n) is 7.84. The van der Waals surface area contributed by atoms with Crippen molar-refractivity contribution in [2.24, 2.45) is 5.73 Å². The van der Waals surface area contributed by atoms with Crippen molar-refractivity contribution in [3.63, 3.8) is 0 Å². The first-order valence-electron chi connectivity index (χ1n) is 4.41. The molecule has 0 aliphatic heterocycles. The van der Waals surface area contributed by atoms with Crippen LogP contribution in [0.4, 0.5) is 0 Å². The lowest BCUT2D eigenvalue weighted by molar-refractivity contribution is -0.118. The average molecular weight is 207 g/mol. The summed E-state index contributed by atoms with van der Waals surface area (Å²) in [5.41, 5.74) is 5.84. The second kappa shape index (κ2) is 3.56.